The van der Waals surface area contributed by atoms with Crippen molar-refractivity contribution in [2.24, 2.45) is 0 Å². The molecule has 0 amide bonds. The van der Waals surface area contributed by atoms with Crippen molar-refractivity contribution in [3.8, 4) is 11.5 Å². The highest BCUT2D eigenvalue weighted by atomic mass is 33.1. The Labute approximate surface area is 140 Å². The Balaban J connectivity index is 2.28. The molecular formula is C18H22O2S2. The lowest BCUT2D eigenvalue weighted by atomic mass is 10.1. The smallest absolute Gasteiger partial charge is 0.133 e. The predicted octanol–water partition coefficient (Wildman–Crippen LogP) is 5.64. The summed E-state index contributed by atoms with van der Waals surface area (Å²) in [7, 11) is 2.99. The van der Waals surface area contributed by atoms with Crippen molar-refractivity contribution >= 4 is 21.6 Å². The molecular weight excluding hydrogens is 312 g/mol. The lowest BCUT2D eigenvalue weighted by Crippen LogP contribution is -1.87. The highest BCUT2D eigenvalue weighted by Crippen LogP contribution is 2.46. The minimum Gasteiger partial charge on any atom is -0.506 e. The van der Waals surface area contributed by atoms with Crippen molar-refractivity contribution in [3.63, 3.8) is 0 Å². The summed E-state index contributed by atoms with van der Waals surface area (Å²) in [4.78, 5) is 1.70. The van der Waals surface area contributed by atoms with Gasteiger partial charge in [0.15, 0.2) is 0 Å². The van der Waals surface area contributed by atoms with Crippen LogP contribution in [0.4, 0.5) is 0 Å². The van der Waals surface area contributed by atoms with Crippen LogP contribution in [0.5, 0.6) is 11.5 Å². The molecule has 2 aromatic rings. The third-order valence-corrected chi connectivity index (χ3v) is 5.97. The molecule has 0 spiro atoms. The van der Waals surface area contributed by atoms with E-state index in [1.807, 2.05) is 52.0 Å². The monoisotopic (exact) mass is 334 g/mol. The topological polar surface area (TPSA) is 40.5 Å². The highest BCUT2D eigenvalue weighted by molar-refractivity contribution is 8.76. The van der Waals surface area contributed by atoms with E-state index in [2.05, 4.69) is 0 Å². The Morgan fingerprint density at radius 2 is 1.09 bits per heavy atom. The van der Waals surface area contributed by atoms with Crippen LogP contribution >= 0.6 is 21.6 Å². The van der Waals surface area contributed by atoms with Gasteiger partial charge in [-0.1, -0.05) is 26.0 Å². The van der Waals surface area contributed by atoms with Crippen LogP contribution in [0.2, 0.25) is 0 Å². The molecule has 2 nitrogen and oxygen atoms in total. The van der Waals surface area contributed by atoms with Gasteiger partial charge in [-0.05, 0) is 82.7 Å². The van der Waals surface area contributed by atoms with Crippen LogP contribution in [-0.4, -0.2) is 10.2 Å². The van der Waals surface area contributed by atoms with Crippen LogP contribution in [0.25, 0.3) is 0 Å². The second-order valence-corrected chi connectivity index (χ2v) is 7.63. The number of aromatic hydroxyl groups is 2. The molecule has 0 aromatic heterocycles. The Kier molecular flexibility index (Phi) is 5.70. The zero-order valence-corrected chi connectivity index (χ0v) is 15.1. The molecule has 0 aliphatic heterocycles. The van der Waals surface area contributed by atoms with Crippen molar-refractivity contribution < 1.29 is 10.2 Å². The summed E-state index contributed by atoms with van der Waals surface area (Å²) in [5, 5.41) is 20.6. The number of phenols is 2. The van der Waals surface area contributed by atoms with E-state index in [-0.39, 0.29) is 0 Å². The van der Waals surface area contributed by atoms with Gasteiger partial charge in [-0.2, -0.15) is 0 Å². The molecule has 2 N–H and O–H groups in total. The third kappa shape index (κ3) is 3.73. The minimum absolute atomic E-state index is 0.355. The Hall–Kier alpha value is -1.26. The molecule has 0 saturated carbocycles. The minimum atomic E-state index is 0.355. The van der Waals surface area contributed by atoms with Gasteiger partial charge in [0.1, 0.15) is 11.5 Å². The maximum Gasteiger partial charge on any atom is 0.133 e. The molecule has 0 fully saturated rings. The molecule has 2 rings (SSSR count). The van der Waals surface area contributed by atoms with Gasteiger partial charge in [0.2, 0.25) is 0 Å². The van der Waals surface area contributed by atoms with E-state index in [0.29, 0.717) is 11.5 Å². The first-order chi connectivity index (χ1) is 10.5. The summed E-state index contributed by atoms with van der Waals surface area (Å²) in [5.74, 6) is 0.710. The largest absolute Gasteiger partial charge is 0.506 e. The molecule has 0 saturated heterocycles. The third-order valence-electron chi connectivity index (χ3n) is 3.58. The van der Waals surface area contributed by atoms with Gasteiger partial charge in [-0.25, -0.2) is 0 Å². The fourth-order valence-electron chi connectivity index (χ4n) is 2.39. The van der Waals surface area contributed by atoms with Crippen molar-refractivity contribution in [3.05, 3.63) is 46.5 Å². The molecule has 0 heterocycles. The van der Waals surface area contributed by atoms with Crippen molar-refractivity contribution in [2.45, 2.75) is 50.3 Å². The first-order valence-corrected chi connectivity index (χ1v) is 9.60. The van der Waals surface area contributed by atoms with Gasteiger partial charge in [-0.3, -0.25) is 0 Å². The standard InChI is InChI=1S/C18H22O2S2/c1-5-13-7-11(3)9-15(17(13)19)21-22-16-10-12(4)8-14(6-2)18(16)20/h7-10,19-20H,5-6H2,1-4H3. The van der Waals surface area contributed by atoms with Crippen LogP contribution in [0.1, 0.15) is 36.1 Å². The van der Waals surface area contributed by atoms with Crippen LogP contribution in [0.15, 0.2) is 34.1 Å². The van der Waals surface area contributed by atoms with Crippen molar-refractivity contribution in [2.75, 3.05) is 0 Å². The van der Waals surface area contributed by atoms with E-state index in [1.165, 1.54) is 21.6 Å². The number of aryl methyl sites for hydroxylation is 4. The van der Waals surface area contributed by atoms with E-state index in [4.69, 9.17) is 0 Å². The first kappa shape index (κ1) is 17.1. The lowest BCUT2D eigenvalue weighted by Gasteiger charge is -2.12. The van der Waals surface area contributed by atoms with Crippen LogP contribution < -0.4 is 0 Å². The zero-order valence-electron chi connectivity index (χ0n) is 13.4. The fourth-order valence-corrected chi connectivity index (χ4v) is 4.76. The van der Waals surface area contributed by atoms with E-state index < -0.39 is 0 Å². The molecule has 118 valence electrons. The first-order valence-electron chi connectivity index (χ1n) is 7.45. The van der Waals surface area contributed by atoms with E-state index >= 15 is 0 Å². The van der Waals surface area contributed by atoms with Gasteiger partial charge in [-0.15, -0.1) is 0 Å². The summed E-state index contributed by atoms with van der Waals surface area (Å²) < 4.78 is 0. The maximum atomic E-state index is 10.3. The summed E-state index contributed by atoms with van der Waals surface area (Å²) >= 11 is 0. The highest BCUT2D eigenvalue weighted by Gasteiger charge is 2.12. The Morgan fingerprint density at radius 3 is 1.41 bits per heavy atom. The van der Waals surface area contributed by atoms with E-state index in [0.717, 1.165) is 44.9 Å². The average Bonchev–Trinajstić information content (AvgIpc) is 2.50. The second-order valence-electron chi connectivity index (χ2n) is 5.42. The molecule has 4 heteroatoms. The molecule has 0 bridgehead atoms. The zero-order chi connectivity index (χ0) is 16.3. The molecule has 22 heavy (non-hydrogen) atoms. The van der Waals surface area contributed by atoms with E-state index in [1.54, 1.807) is 0 Å². The Bertz CT molecular complexity index is 622. The summed E-state index contributed by atoms with van der Waals surface area (Å²) in [6, 6.07) is 8.01. The fraction of sp³-hybridized carbons (Fsp3) is 0.333. The molecule has 0 unspecified atom stereocenters. The van der Waals surface area contributed by atoms with Gasteiger partial charge >= 0.3 is 0 Å². The van der Waals surface area contributed by atoms with E-state index in [9.17, 15) is 10.2 Å². The molecule has 0 aliphatic rings. The normalized spacial score (nSPS) is 10.9. The second kappa shape index (κ2) is 7.34. The molecule has 2 aromatic carbocycles. The van der Waals surface area contributed by atoms with Crippen LogP contribution in [0, 0.1) is 13.8 Å². The van der Waals surface area contributed by atoms with Gasteiger partial charge in [0.25, 0.3) is 0 Å². The number of benzene rings is 2. The average molecular weight is 335 g/mol. The summed E-state index contributed by atoms with van der Waals surface area (Å²) in [6.07, 6.45) is 1.61. The maximum absolute atomic E-state index is 10.3. The van der Waals surface area contributed by atoms with Gasteiger partial charge in [0.05, 0.1) is 9.79 Å². The number of rotatable bonds is 5. The SMILES string of the molecule is CCc1cc(C)cc(SSc2cc(C)cc(CC)c2O)c1O. The van der Waals surface area contributed by atoms with Gasteiger partial charge in [0, 0.05) is 0 Å². The quantitative estimate of drug-likeness (QED) is 0.694. The Morgan fingerprint density at radius 1 is 0.727 bits per heavy atom. The molecule has 0 atom stereocenters. The number of phenolic OH excluding ortho intramolecular Hbond substituents is 2. The van der Waals surface area contributed by atoms with Crippen molar-refractivity contribution in [1.82, 2.24) is 0 Å². The lowest BCUT2D eigenvalue weighted by molar-refractivity contribution is 0.455. The van der Waals surface area contributed by atoms with Gasteiger partial charge < -0.3 is 10.2 Å². The van der Waals surface area contributed by atoms with Crippen LogP contribution in [0.3, 0.4) is 0 Å². The molecule has 0 aliphatic carbocycles. The van der Waals surface area contributed by atoms with Crippen molar-refractivity contribution in [1.29, 1.82) is 0 Å². The number of hydrogen-bond donors (Lipinski definition) is 2. The predicted molar refractivity (Wildman–Crippen MR) is 96.2 cm³/mol. The number of hydrogen-bond acceptors (Lipinski definition) is 4. The molecule has 0 radical (unpaired) electrons. The summed E-state index contributed by atoms with van der Waals surface area (Å²) in [5.41, 5.74) is 4.21. The van der Waals surface area contributed by atoms with Crippen LogP contribution in [-0.2, 0) is 12.8 Å². The summed E-state index contributed by atoms with van der Waals surface area (Å²) in [6.45, 7) is 8.14.